The number of methoxy groups -OCH3 is 1. The van der Waals surface area contributed by atoms with Crippen LogP contribution in [0.25, 0.3) is 16.8 Å². The Balaban J connectivity index is 1.46. The average molecular weight is 656 g/mol. The van der Waals surface area contributed by atoms with Gasteiger partial charge in [-0.1, -0.05) is 107 Å². The topological polar surface area (TPSA) is 60.7 Å². The zero-order chi connectivity index (χ0) is 29.2. The summed E-state index contributed by atoms with van der Waals surface area (Å²) in [5.41, 5.74) is 3.92. The number of esters is 1. The number of halogens is 1. The molecular formula is C34H27BrN2O3S2. The van der Waals surface area contributed by atoms with Crippen molar-refractivity contribution in [3.8, 4) is 0 Å². The Morgan fingerprint density at radius 1 is 1.00 bits per heavy atom. The van der Waals surface area contributed by atoms with Gasteiger partial charge in [0.15, 0.2) is 4.80 Å². The van der Waals surface area contributed by atoms with Crippen LogP contribution in [0.5, 0.6) is 0 Å². The van der Waals surface area contributed by atoms with E-state index in [0.717, 1.165) is 32.1 Å². The number of hydrogen-bond acceptors (Lipinski definition) is 6. The van der Waals surface area contributed by atoms with Gasteiger partial charge in [-0.3, -0.25) is 9.36 Å². The zero-order valence-electron chi connectivity index (χ0n) is 23.0. The molecule has 1 atom stereocenters. The van der Waals surface area contributed by atoms with Gasteiger partial charge in [0.25, 0.3) is 5.56 Å². The van der Waals surface area contributed by atoms with E-state index in [1.54, 1.807) is 16.3 Å². The predicted molar refractivity (Wildman–Crippen MR) is 174 cm³/mol. The Labute approximate surface area is 260 Å². The first-order valence-electron chi connectivity index (χ1n) is 13.6. The van der Waals surface area contributed by atoms with Gasteiger partial charge in [0.2, 0.25) is 0 Å². The summed E-state index contributed by atoms with van der Waals surface area (Å²) in [6, 6.07) is 29.9. The molecule has 5 aromatic rings. The lowest BCUT2D eigenvalue weighted by atomic mass is 9.95. The summed E-state index contributed by atoms with van der Waals surface area (Å²) in [6.07, 6.45) is 2.49. The molecule has 0 saturated carbocycles. The lowest BCUT2D eigenvalue weighted by molar-refractivity contribution is -0.136. The van der Waals surface area contributed by atoms with Gasteiger partial charge in [-0.2, -0.15) is 0 Å². The molecule has 0 fully saturated rings. The standard InChI is InChI=1S/C34H27BrN2O3S2/c1-3-27-30(33(39)40-2)31(22-9-5-4-6-10-22)37-32(38)29(42-34(37)36-27)19-23-15-18-28(26-12-8-7-11-25(23)26)41-20-21-13-16-24(35)17-14-21/h4-19,31H,3,20H2,1-2H3/b29-19-/t31-/m0/s1. The van der Waals surface area contributed by atoms with Crippen LogP contribution in [0.1, 0.15) is 36.1 Å². The minimum atomic E-state index is -0.610. The molecule has 0 bridgehead atoms. The summed E-state index contributed by atoms with van der Waals surface area (Å²) < 4.78 is 8.44. The maximum Gasteiger partial charge on any atom is 0.338 e. The van der Waals surface area contributed by atoms with Crippen molar-refractivity contribution < 1.29 is 9.53 Å². The van der Waals surface area contributed by atoms with Gasteiger partial charge in [-0.25, -0.2) is 9.79 Å². The Morgan fingerprint density at radius 3 is 2.43 bits per heavy atom. The molecule has 0 unspecified atom stereocenters. The number of allylic oxidation sites excluding steroid dienone is 1. The van der Waals surface area contributed by atoms with Crippen LogP contribution in [0.15, 0.2) is 121 Å². The third-order valence-corrected chi connectivity index (χ3v) is 9.93. The summed E-state index contributed by atoms with van der Waals surface area (Å²) in [5.74, 6) is 0.387. The number of ether oxygens (including phenoxy) is 1. The number of thiazole rings is 1. The van der Waals surface area contributed by atoms with E-state index in [1.165, 1.54) is 28.9 Å². The molecule has 5 nitrogen and oxygen atoms in total. The van der Waals surface area contributed by atoms with Gasteiger partial charge in [0.1, 0.15) is 0 Å². The number of nitrogens with zero attached hydrogens (tertiary/aromatic N) is 2. The maximum absolute atomic E-state index is 14.0. The molecule has 42 heavy (non-hydrogen) atoms. The largest absolute Gasteiger partial charge is 0.466 e. The number of carbonyl (C=O) groups is 1. The molecule has 0 radical (unpaired) electrons. The number of rotatable bonds is 7. The van der Waals surface area contributed by atoms with Crippen LogP contribution >= 0.6 is 39.0 Å². The van der Waals surface area contributed by atoms with Gasteiger partial charge in [0, 0.05) is 15.1 Å². The molecule has 1 aromatic heterocycles. The SMILES string of the molecule is CCC1=C(C(=O)OC)[C@H](c2ccccc2)n2c(s/c(=C\c3ccc(SCc4ccc(Br)cc4)c4ccccc34)c2=O)=N1. The summed E-state index contributed by atoms with van der Waals surface area (Å²) >= 11 is 6.65. The van der Waals surface area contributed by atoms with Crippen LogP contribution in [-0.2, 0) is 15.3 Å². The number of aromatic nitrogens is 1. The molecule has 0 amide bonds. The average Bonchev–Trinajstić information content (AvgIpc) is 3.34. The summed E-state index contributed by atoms with van der Waals surface area (Å²) in [7, 11) is 1.36. The molecule has 1 aliphatic heterocycles. The quantitative estimate of drug-likeness (QED) is 0.140. The van der Waals surface area contributed by atoms with Crippen LogP contribution in [0.2, 0.25) is 0 Å². The van der Waals surface area contributed by atoms with Crippen LogP contribution < -0.4 is 14.9 Å². The van der Waals surface area contributed by atoms with Crippen molar-refractivity contribution in [1.82, 2.24) is 4.57 Å². The summed E-state index contributed by atoms with van der Waals surface area (Å²) in [5, 5.41) is 2.22. The highest BCUT2D eigenvalue weighted by Crippen LogP contribution is 2.34. The second kappa shape index (κ2) is 12.3. The van der Waals surface area contributed by atoms with Gasteiger partial charge in [-0.15, -0.1) is 11.8 Å². The van der Waals surface area contributed by atoms with E-state index in [1.807, 2.05) is 55.5 Å². The minimum absolute atomic E-state index is 0.179. The second-order valence-electron chi connectivity index (χ2n) is 9.81. The zero-order valence-corrected chi connectivity index (χ0v) is 26.3. The molecule has 0 aliphatic carbocycles. The predicted octanol–water partition coefficient (Wildman–Crippen LogP) is 7.01. The van der Waals surface area contributed by atoms with E-state index in [9.17, 15) is 9.59 Å². The molecule has 6 rings (SSSR count). The van der Waals surface area contributed by atoms with Crippen molar-refractivity contribution in [2.75, 3.05) is 7.11 Å². The molecule has 8 heteroatoms. The number of carbonyl (C=O) groups excluding carboxylic acids is 1. The van der Waals surface area contributed by atoms with Crippen molar-refractivity contribution in [3.63, 3.8) is 0 Å². The lowest BCUT2D eigenvalue weighted by Crippen LogP contribution is -2.40. The molecule has 0 spiro atoms. The Morgan fingerprint density at radius 2 is 1.71 bits per heavy atom. The van der Waals surface area contributed by atoms with Gasteiger partial charge < -0.3 is 4.74 Å². The fourth-order valence-electron chi connectivity index (χ4n) is 5.24. The fraction of sp³-hybridized carbons (Fsp3) is 0.147. The Hall–Kier alpha value is -3.72. The smallest absolute Gasteiger partial charge is 0.338 e. The van der Waals surface area contributed by atoms with Crippen LogP contribution in [-0.4, -0.2) is 17.6 Å². The van der Waals surface area contributed by atoms with E-state index < -0.39 is 12.0 Å². The highest BCUT2D eigenvalue weighted by molar-refractivity contribution is 9.10. The van der Waals surface area contributed by atoms with Crippen molar-refractivity contribution in [2.45, 2.75) is 30.0 Å². The molecule has 0 N–H and O–H groups in total. The molecule has 0 saturated heterocycles. The molecule has 210 valence electrons. The second-order valence-corrected chi connectivity index (χ2v) is 12.8. The van der Waals surface area contributed by atoms with Crippen molar-refractivity contribution >= 4 is 61.8 Å². The third-order valence-electron chi connectivity index (χ3n) is 7.28. The third kappa shape index (κ3) is 5.42. The van der Waals surface area contributed by atoms with Crippen molar-refractivity contribution in [3.05, 3.63) is 143 Å². The van der Waals surface area contributed by atoms with Crippen LogP contribution in [0.3, 0.4) is 0 Å². The van der Waals surface area contributed by atoms with Crippen LogP contribution in [0.4, 0.5) is 0 Å². The van der Waals surface area contributed by atoms with E-state index in [0.29, 0.717) is 27.0 Å². The van der Waals surface area contributed by atoms with E-state index >= 15 is 0 Å². The fourth-order valence-corrected chi connectivity index (χ4v) is 7.53. The minimum Gasteiger partial charge on any atom is -0.466 e. The number of thioether (sulfide) groups is 1. The summed E-state index contributed by atoms with van der Waals surface area (Å²) in [4.78, 5) is 33.6. The molecule has 1 aliphatic rings. The summed E-state index contributed by atoms with van der Waals surface area (Å²) in [6.45, 7) is 1.96. The maximum atomic E-state index is 14.0. The van der Waals surface area contributed by atoms with Gasteiger partial charge in [0.05, 0.1) is 29.0 Å². The number of fused-ring (bicyclic) bond motifs is 2. The first kappa shape index (κ1) is 28.4. The molecular weight excluding hydrogens is 628 g/mol. The van der Waals surface area contributed by atoms with E-state index in [4.69, 9.17) is 9.73 Å². The first-order chi connectivity index (χ1) is 20.5. The van der Waals surface area contributed by atoms with Gasteiger partial charge >= 0.3 is 5.97 Å². The monoisotopic (exact) mass is 654 g/mol. The first-order valence-corrected chi connectivity index (χ1v) is 16.1. The van der Waals surface area contributed by atoms with E-state index in [-0.39, 0.29) is 5.56 Å². The van der Waals surface area contributed by atoms with E-state index in [2.05, 4.69) is 64.5 Å². The Kier molecular flexibility index (Phi) is 8.29. The lowest BCUT2D eigenvalue weighted by Gasteiger charge is -2.25. The Bertz CT molecular complexity index is 2010. The van der Waals surface area contributed by atoms with Crippen LogP contribution in [0, 0.1) is 0 Å². The highest BCUT2D eigenvalue weighted by atomic mass is 79.9. The van der Waals surface area contributed by atoms with Crippen molar-refractivity contribution in [1.29, 1.82) is 0 Å². The number of hydrogen-bond donors (Lipinski definition) is 0. The van der Waals surface area contributed by atoms with Gasteiger partial charge in [-0.05, 0) is 58.2 Å². The normalized spacial score (nSPS) is 15.0. The molecule has 4 aromatic carbocycles. The number of benzene rings is 4. The highest BCUT2D eigenvalue weighted by Gasteiger charge is 2.33. The van der Waals surface area contributed by atoms with Crippen molar-refractivity contribution in [2.24, 2.45) is 4.99 Å². The molecule has 2 heterocycles.